The van der Waals surface area contributed by atoms with E-state index >= 15 is 0 Å². The number of thiophene rings is 1. The number of thiazole rings is 1. The Morgan fingerprint density at radius 1 is 1.04 bits per heavy atom. The molecule has 0 aliphatic carbocycles. The maximum atomic E-state index is 12.2. The van der Waals surface area contributed by atoms with Crippen molar-refractivity contribution in [3.8, 4) is 10.6 Å². The summed E-state index contributed by atoms with van der Waals surface area (Å²) in [5.41, 5.74) is 3.15. The number of nitrogens with zero attached hydrogens (tertiary/aromatic N) is 1. The van der Waals surface area contributed by atoms with Crippen molar-refractivity contribution < 1.29 is 9.59 Å². The molecule has 0 aliphatic rings. The fourth-order valence-electron chi connectivity index (χ4n) is 2.11. The molecule has 0 unspecified atom stereocenters. The Bertz CT molecular complexity index is 857. The highest BCUT2D eigenvalue weighted by molar-refractivity contribution is 7.14. The van der Waals surface area contributed by atoms with Crippen molar-refractivity contribution in [2.75, 3.05) is 17.7 Å². The van der Waals surface area contributed by atoms with E-state index in [1.54, 1.807) is 42.6 Å². The Kier molecular flexibility index (Phi) is 5.42. The quantitative estimate of drug-likeness (QED) is 0.637. The number of hydrogen-bond acceptors (Lipinski definition) is 5. The standard InChI is InChI=1S/C17H16N4O2S2/c1-18-17(23)21-13-4-2-12(3-5-13)19-15(22)8-14-10-25-16(20-14)11-6-7-24-9-11/h2-7,9-10H,8H2,1H3,(H,19,22)(H2,18,21,23). The van der Waals surface area contributed by atoms with E-state index in [0.717, 1.165) is 16.3 Å². The Morgan fingerprint density at radius 2 is 1.76 bits per heavy atom. The molecule has 0 radical (unpaired) electrons. The van der Waals surface area contributed by atoms with Gasteiger partial charge in [-0.1, -0.05) is 0 Å². The summed E-state index contributed by atoms with van der Waals surface area (Å²) < 4.78 is 0. The molecule has 0 saturated carbocycles. The highest BCUT2D eigenvalue weighted by Crippen LogP contribution is 2.26. The summed E-state index contributed by atoms with van der Waals surface area (Å²) >= 11 is 3.16. The minimum Gasteiger partial charge on any atom is -0.341 e. The fraction of sp³-hybridized carbons (Fsp3) is 0.118. The summed E-state index contributed by atoms with van der Waals surface area (Å²) in [5.74, 6) is -0.130. The predicted octanol–water partition coefficient (Wildman–Crippen LogP) is 3.80. The molecule has 0 atom stereocenters. The lowest BCUT2D eigenvalue weighted by molar-refractivity contribution is -0.115. The van der Waals surface area contributed by atoms with Crippen LogP contribution in [0.1, 0.15) is 5.69 Å². The molecule has 1 aromatic carbocycles. The zero-order valence-corrected chi connectivity index (χ0v) is 15.0. The van der Waals surface area contributed by atoms with Crippen LogP contribution in [0.25, 0.3) is 10.6 Å². The molecule has 3 rings (SSSR count). The van der Waals surface area contributed by atoms with Gasteiger partial charge in [0.2, 0.25) is 5.91 Å². The number of urea groups is 1. The van der Waals surface area contributed by atoms with Gasteiger partial charge in [0, 0.05) is 34.7 Å². The van der Waals surface area contributed by atoms with Crippen molar-refractivity contribution >= 4 is 46.0 Å². The number of nitrogens with one attached hydrogen (secondary N) is 3. The molecule has 0 fully saturated rings. The zero-order chi connectivity index (χ0) is 17.6. The van der Waals surface area contributed by atoms with Gasteiger partial charge in [0.05, 0.1) is 12.1 Å². The van der Waals surface area contributed by atoms with Gasteiger partial charge in [0.15, 0.2) is 0 Å². The van der Waals surface area contributed by atoms with Crippen LogP contribution >= 0.6 is 22.7 Å². The molecule has 0 bridgehead atoms. The van der Waals surface area contributed by atoms with Crippen LogP contribution in [-0.4, -0.2) is 24.0 Å². The highest BCUT2D eigenvalue weighted by atomic mass is 32.1. The van der Waals surface area contributed by atoms with Crippen molar-refractivity contribution in [3.05, 3.63) is 52.2 Å². The number of rotatable bonds is 5. The van der Waals surface area contributed by atoms with E-state index in [4.69, 9.17) is 0 Å². The first-order valence-electron chi connectivity index (χ1n) is 7.49. The second kappa shape index (κ2) is 7.91. The summed E-state index contributed by atoms with van der Waals surface area (Å²) in [5, 5.41) is 14.8. The third-order valence-corrected chi connectivity index (χ3v) is 4.94. The van der Waals surface area contributed by atoms with E-state index in [0.29, 0.717) is 11.4 Å². The lowest BCUT2D eigenvalue weighted by atomic mass is 10.2. The van der Waals surface area contributed by atoms with E-state index in [1.807, 2.05) is 22.2 Å². The molecule has 3 amide bonds. The van der Waals surface area contributed by atoms with Crippen LogP contribution in [0.4, 0.5) is 16.2 Å². The van der Waals surface area contributed by atoms with Crippen LogP contribution in [0.15, 0.2) is 46.5 Å². The van der Waals surface area contributed by atoms with Crippen molar-refractivity contribution in [1.29, 1.82) is 0 Å². The van der Waals surface area contributed by atoms with Crippen molar-refractivity contribution in [1.82, 2.24) is 10.3 Å². The second-order valence-electron chi connectivity index (χ2n) is 5.16. The maximum Gasteiger partial charge on any atom is 0.318 e. The first kappa shape index (κ1) is 17.1. The van der Waals surface area contributed by atoms with Crippen LogP contribution in [0.2, 0.25) is 0 Å². The monoisotopic (exact) mass is 372 g/mol. The molecule has 6 nitrogen and oxygen atoms in total. The van der Waals surface area contributed by atoms with Gasteiger partial charge in [0.1, 0.15) is 5.01 Å². The molecule has 0 saturated heterocycles. The van der Waals surface area contributed by atoms with Crippen molar-refractivity contribution in [2.45, 2.75) is 6.42 Å². The molecule has 8 heteroatoms. The molecule has 2 aromatic heterocycles. The van der Waals surface area contributed by atoms with E-state index < -0.39 is 0 Å². The number of anilines is 2. The molecule has 3 aromatic rings. The second-order valence-corrected chi connectivity index (χ2v) is 6.80. The van der Waals surface area contributed by atoms with Crippen LogP contribution in [0.5, 0.6) is 0 Å². The highest BCUT2D eigenvalue weighted by Gasteiger charge is 2.10. The van der Waals surface area contributed by atoms with Crippen LogP contribution in [-0.2, 0) is 11.2 Å². The maximum absolute atomic E-state index is 12.2. The summed E-state index contributed by atoms with van der Waals surface area (Å²) in [6, 6.07) is 8.65. The summed E-state index contributed by atoms with van der Waals surface area (Å²) in [4.78, 5) is 27.9. The number of carbonyl (C=O) groups excluding carboxylic acids is 2. The average Bonchev–Trinajstić information content (AvgIpc) is 3.27. The van der Waals surface area contributed by atoms with Crippen LogP contribution in [0.3, 0.4) is 0 Å². The largest absolute Gasteiger partial charge is 0.341 e. The van der Waals surface area contributed by atoms with Gasteiger partial charge in [-0.15, -0.1) is 11.3 Å². The molecule has 0 aliphatic heterocycles. The van der Waals surface area contributed by atoms with Crippen LogP contribution in [0, 0.1) is 0 Å². The van der Waals surface area contributed by atoms with Gasteiger partial charge in [0.25, 0.3) is 0 Å². The van der Waals surface area contributed by atoms with Crippen LogP contribution < -0.4 is 16.0 Å². The molecular weight excluding hydrogens is 356 g/mol. The van der Waals surface area contributed by atoms with Gasteiger partial charge in [-0.3, -0.25) is 4.79 Å². The lowest BCUT2D eigenvalue weighted by Crippen LogP contribution is -2.24. The van der Waals surface area contributed by atoms with E-state index in [-0.39, 0.29) is 18.4 Å². The first-order chi connectivity index (χ1) is 12.1. The van der Waals surface area contributed by atoms with Crippen molar-refractivity contribution in [2.24, 2.45) is 0 Å². The zero-order valence-electron chi connectivity index (χ0n) is 13.4. The van der Waals surface area contributed by atoms with Gasteiger partial charge in [-0.25, -0.2) is 9.78 Å². The van der Waals surface area contributed by atoms with Crippen molar-refractivity contribution in [3.63, 3.8) is 0 Å². The van der Waals surface area contributed by atoms with Gasteiger partial charge < -0.3 is 16.0 Å². The number of benzene rings is 1. The molecule has 2 heterocycles. The van der Waals surface area contributed by atoms with E-state index in [1.165, 1.54) is 11.3 Å². The Hall–Kier alpha value is -2.71. The number of carbonyl (C=O) groups is 2. The number of aromatic nitrogens is 1. The Morgan fingerprint density at radius 3 is 2.40 bits per heavy atom. The lowest BCUT2D eigenvalue weighted by Gasteiger charge is -2.07. The molecule has 128 valence electrons. The molecule has 25 heavy (non-hydrogen) atoms. The third-order valence-electron chi connectivity index (χ3n) is 3.32. The normalized spacial score (nSPS) is 10.3. The first-order valence-corrected chi connectivity index (χ1v) is 9.32. The smallest absolute Gasteiger partial charge is 0.318 e. The number of amides is 3. The summed E-state index contributed by atoms with van der Waals surface area (Å²) in [6.07, 6.45) is 0.221. The minimum atomic E-state index is -0.290. The molecule has 3 N–H and O–H groups in total. The Balaban J connectivity index is 1.56. The summed E-state index contributed by atoms with van der Waals surface area (Å²) in [6.45, 7) is 0. The summed E-state index contributed by atoms with van der Waals surface area (Å²) in [7, 11) is 1.55. The molecular formula is C17H16N4O2S2. The molecule has 0 spiro atoms. The van der Waals surface area contributed by atoms with Gasteiger partial charge in [-0.2, -0.15) is 11.3 Å². The fourth-order valence-corrected chi connectivity index (χ4v) is 3.64. The number of hydrogen-bond donors (Lipinski definition) is 3. The van der Waals surface area contributed by atoms with E-state index in [2.05, 4.69) is 20.9 Å². The van der Waals surface area contributed by atoms with Gasteiger partial charge >= 0.3 is 6.03 Å². The SMILES string of the molecule is CNC(=O)Nc1ccc(NC(=O)Cc2csc(-c3ccsc3)n2)cc1. The Labute approximate surface area is 152 Å². The topological polar surface area (TPSA) is 83.1 Å². The third kappa shape index (κ3) is 4.65. The van der Waals surface area contributed by atoms with Gasteiger partial charge in [-0.05, 0) is 35.7 Å². The van der Waals surface area contributed by atoms with E-state index in [9.17, 15) is 9.59 Å². The average molecular weight is 372 g/mol. The minimum absolute atomic E-state index is 0.130. The predicted molar refractivity (Wildman–Crippen MR) is 102 cm³/mol.